The van der Waals surface area contributed by atoms with Gasteiger partial charge in [0.1, 0.15) is 12.4 Å². The first-order valence-electron chi connectivity index (χ1n) is 11.4. The summed E-state index contributed by atoms with van der Waals surface area (Å²) in [6.45, 7) is 1.39. The van der Waals surface area contributed by atoms with Crippen molar-refractivity contribution in [2.24, 2.45) is 0 Å². The van der Waals surface area contributed by atoms with E-state index in [1.807, 2.05) is 0 Å². The van der Waals surface area contributed by atoms with E-state index in [9.17, 15) is 17.6 Å². The van der Waals surface area contributed by atoms with Gasteiger partial charge in [-0.3, -0.25) is 4.79 Å². The van der Waals surface area contributed by atoms with E-state index in [1.165, 1.54) is 45.2 Å². The maximum Gasteiger partial charge on any atom is 0.251 e. The molecular formula is C24H23FN6O4S. The fourth-order valence-electron chi connectivity index (χ4n) is 3.93. The molecule has 1 fully saturated rings. The van der Waals surface area contributed by atoms with Crippen molar-refractivity contribution in [1.82, 2.24) is 29.4 Å². The summed E-state index contributed by atoms with van der Waals surface area (Å²) in [6, 6.07) is 15.2. The molecule has 4 aromatic rings. The average Bonchev–Trinajstić information content (AvgIpc) is 3.57. The molecule has 1 aliphatic heterocycles. The molecule has 2 aromatic heterocycles. The van der Waals surface area contributed by atoms with Crippen LogP contribution >= 0.6 is 0 Å². The van der Waals surface area contributed by atoms with E-state index in [0.29, 0.717) is 35.7 Å². The fraction of sp³-hybridized carbons (Fsp3) is 0.250. The van der Waals surface area contributed by atoms with Crippen molar-refractivity contribution in [2.75, 3.05) is 26.2 Å². The predicted octanol–water partition coefficient (Wildman–Crippen LogP) is 2.52. The third kappa shape index (κ3) is 4.90. The van der Waals surface area contributed by atoms with Crippen LogP contribution in [0, 0.1) is 5.82 Å². The van der Waals surface area contributed by atoms with Crippen LogP contribution in [0.25, 0.3) is 17.0 Å². The lowest BCUT2D eigenvalue weighted by molar-refractivity contribution is 0.0946. The molecule has 0 aliphatic carbocycles. The highest BCUT2D eigenvalue weighted by atomic mass is 32.2. The second-order valence-electron chi connectivity index (χ2n) is 8.22. The molecule has 5 rings (SSSR count). The molecule has 0 unspecified atom stereocenters. The van der Waals surface area contributed by atoms with Gasteiger partial charge in [-0.05, 0) is 55.3 Å². The zero-order valence-corrected chi connectivity index (χ0v) is 20.0. The quantitative estimate of drug-likeness (QED) is 0.362. The molecule has 1 N–H and O–H groups in total. The van der Waals surface area contributed by atoms with Gasteiger partial charge < -0.3 is 10.1 Å². The number of nitrogens with zero attached hydrogens (tertiary/aromatic N) is 5. The predicted molar refractivity (Wildman–Crippen MR) is 128 cm³/mol. The number of amides is 1. The van der Waals surface area contributed by atoms with Crippen molar-refractivity contribution < 1.29 is 22.3 Å². The first-order chi connectivity index (χ1) is 17.4. The van der Waals surface area contributed by atoms with Gasteiger partial charge in [0.15, 0.2) is 11.5 Å². The molecule has 0 radical (unpaired) electrons. The van der Waals surface area contributed by atoms with Crippen molar-refractivity contribution >= 4 is 21.6 Å². The third-order valence-electron chi connectivity index (χ3n) is 5.78. The van der Waals surface area contributed by atoms with E-state index in [-0.39, 0.29) is 29.8 Å². The van der Waals surface area contributed by atoms with Crippen molar-refractivity contribution in [2.45, 2.75) is 17.7 Å². The van der Waals surface area contributed by atoms with Crippen LogP contribution in [0.15, 0.2) is 65.6 Å². The number of sulfonamides is 1. The number of halogens is 1. The molecule has 3 heterocycles. The summed E-state index contributed by atoms with van der Waals surface area (Å²) >= 11 is 0. The van der Waals surface area contributed by atoms with Gasteiger partial charge in [-0.15, -0.1) is 15.3 Å². The van der Waals surface area contributed by atoms with Crippen molar-refractivity contribution in [3.05, 3.63) is 72.0 Å². The van der Waals surface area contributed by atoms with Gasteiger partial charge in [0.25, 0.3) is 5.91 Å². The normalized spacial score (nSPS) is 14.2. The Morgan fingerprint density at radius 2 is 1.81 bits per heavy atom. The molecule has 0 atom stereocenters. The van der Waals surface area contributed by atoms with Crippen LogP contribution in [0.5, 0.6) is 5.88 Å². The number of nitrogens with one attached hydrogen (secondary N) is 1. The summed E-state index contributed by atoms with van der Waals surface area (Å²) in [7, 11) is -3.52. The Bertz CT molecular complexity index is 1500. The van der Waals surface area contributed by atoms with Crippen molar-refractivity contribution in [1.29, 1.82) is 0 Å². The highest BCUT2D eigenvalue weighted by Crippen LogP contribution is 2.22. The number of fused-ring (bicyclic) bond motifs is 1. The van der Waals surface area contributed by atoms with Crippen LogP contribution in [0.4, 0.5) is 4.39 Å². The summed E-state index contributed by atoms with van der Waals surface area (Å²) in [4.78, 5) is 12.6. The Morgan fingerprint density at radius 3 is 2.56 bits per heavy atom. The zero-order valence-electron chi connectivity index (χ0n) is 19.2. The molecule has 10 nitrogen and oxygen atoms in total. The van der Waals surface area contributed by atoms with E-state index in [0.717, 1.165) is 12.8 Å². The van der Waals surface area contributed by atoms with Gasteiger partial charge >= 0.3 is 0 Å². The molecule has 1 saturated heterocycles. The second-order valence-corrected chi connectivity index (χ2v) is 10.2. The SMILES string of the molecule is O=C(NCCOc1ccc2nnc(-c3cccc(F)c3)n2n1)c1ccc(S(=O)(=O)N2CCCC2)cc1. The topological polar surface area (TPSA) is 119 Å². The Labute approximate surface area is 206 Å². The monoisotopic (exact) mass is 510 g/mol. The third-order valence-corrected chi connectivity index (χ3v) is 7.69. The first-order valence-corrected chi connectivity index (χ1v) is 12.9. The maximum atomic E-state index is 13.6. The van der Waals surface area contributed by atoms with Gasteiger partial charge in [0.2, 0.25) is 15.9 Å². The van der Waals surface area contributed by atoms with Crippen LogP contribution in [-0.2, 0) is 10.0 Å². The molecule has 12 heteroatoms. The number of ether oxygens (including phenoxy) is 1. The highest BCUT2D eigenvalue weighted by Gasteiger charge is 2.27. The van der Waals surface area contributed by atoms with Gasteiger partial charge in [-0.25, -0.2) is 12.8 Å². The van der Waals surface area contributed by atoms with Crippen LogP contribution in [0.1, 0.15) is 23.2 Å². The molecular weight excluding hydrogens is 487 g/mol. The highest BCUT2D eigenvalue weighted by molar-refractivity contribution is 7.89. The van der Waals surface area contributed by atoms with E-state index < -0.39 is 15.8 Å². The molecule has 0 bridgehead atoms. The molecule has 2 aromatic carbocycles. The lowest BCUT2D eigenvalue weighted by atomic mass is 10.2. The van der Waals surface area contributed by atoms with E-state index in [2.05, 4.69) is 20.6 Å². The van der Waals surface area contributed by atoms with Crippen LogP contribution in [-0.4, -0.2) is 64.7 Å². The van der Waals surface area contributed by atoms with E-state index in [1.54, 1.807) is 24.3 Å². The minimum Gasteiger partial charge on any atom is -0.475 e. The van der Waals surface area contributed by atoms with Crippen LogP contribution in [0.3, 0.4) is 0 Å². The number of carbonyl (C=O) groups is 1. The molecule has 36 heavy (non-hydrogen) atoms. The number of carbonyl (C=O) groups excluding carboxylic acids is 1. The summed E-state index contributed by atoms with van der Waals surface area (Å²) in [5.74, 6) is -0.0845. The Hall–Kier alpha value is -3.90. The fourth-order valence-corrected chi connectivity index (χ4v) is 5.45. The zero-order chi connectivity index (χ0) is 25.1. The second kappa shape index (κ2) is 9.99. The lowest BCUT2D eigenvalue weighted by Crippen LogP contribution is -2.29. The number of hydrogen-bond acceptors (Lipinski definition) is 7. The molecule has 1 amide bonds. The molecule has 0 spiro atoms. The maximum absolute atomic E-state index is 13.6. The van der Waals surface area contributed by atoms with E-state index in [4.69, 9.17) is 4.74 Å². The van der Waals surface area contributed by atoms with Crippen molar-refractivity contribution in [3.63, 3.8) is 0 Å². The van der Waals surface area contributed by atoms with Gasteiger partial charge in [0.05, 0.1) is 11.4 Å². The summed E-state index contributed by atoms with van der Waals surface area (Å²) in [5.41, 5.74) is 1.35. The van der Waals surface area contributed by atoms with Gasteiger partial charge in [-0.1, -0.05) is 12.1 Å². The van der Waals surface area contributed by atoms with Crippen LogP contribution in [0.2, 0.25) is 0 Å². The Morgan fingerprint density at radius 1 is 1.03 bits per heavy atom. The Kier molecular flexibility index (Phi) is 6.61. The molecule has 186 valence electrons. The number of hydrogen-bond donors (Lipinski definition) is 1. The Balaban J connectivity index is 1.17. The van der Waals surface area contributed by atoms with Crippen LogP contribution < -0.4 is 10.1 Å². The number of aromatic nitrogens is 4. The van der Waals surface area contributed by atoms with Gasteiger partial charge in [-0.2, -0.15) is 8.82 Å². The standard InChI is InChI=1S/C24H23FN6O4S/c25-19-5-3-4-18(16-19)23-28-27-21-10-11-22(29-31(21)23)35-15-12-26-24(32)17-6-8-20(9-7-17)36(33,34)30-13-1-2-14-30/h3-11,16H,1-2,12-15H2,(H,26,32). The summed E-state index contributed by atoms with van der Waals surface area (Å²) in [5, 5.41) is 15.2. The molecule has 1 aliphatic rings. The number of benzene rings is 2. The minimum absolute atomic E-state index is 0.142. The van der Waals surface area contributed by atoms with E-state index >= 15 is 0 Å². The largest absolute Gasteiger partial charge is 0.475 e. The lowest BCUT2D eigenvalue weighted by Gasteiger charge is -2.15. The summed E-state index contributed by atoms with van der Waals surface area (Å²) < 4.78 is 47.4. The van der Waals surface area contributed by atoms with Gasteiger partial charge in [0, 0.05) is 30.3 Å². The first kappa shape index (κ1) is 23.8. The molecule has 0 saturated carbocycles. The minimum atomic E-state index is -3.52. The summed E-state index contributed by atoms with van der Waals surface area (Å²) in [6.07, 6.45) is 1.72. The average molecular weight is 511 g/mol. The smallest absolute Gasteiger partial charge is 0.251 e. The van der Waals surface area contributed by atoms with Crippen molar-refractivity contribution in [3.8, 4) is 17.3 Å². The number of rotatable bonds is 8.